The molecule has 1 aliphatic carbocycles. The van der Waals surface area contributed by atoms with E-state index in [9.17, 15) is 0 Å². The number of rotatable bonds is 9. The van der Waals surface area contributed by atoms with Crippen molar-refractivity contribution in [1.29, 1.82) is 0 Å². The van der Waals surface area contributed by atoms with Crippen LogP contribution in [0.15, 0.2) is 72.4 Å². The number of ether oxygens (including phenoxy) is 1. The average molecular weight is 470 g/mol. The lowest BCUT2D eigenvalue weighted by Gasteiger charge is -2.39. The van der Waals surface area contributed by atoms with Gasteiger partial charge in [-0.25, -0.2) is 4.99 Å². The Balaban J connectivity index is 1.39. The van der Waals surface area contributed by atoms with Crippen LogP contribution >= 0.6 is 0 Å². The summed E-state index contributed by atoms with van der Waals surface area (Å²) in [5.74, 6) is 2.33. The highest BCUT2D eigenvalue weighted by Crippen LogP contribution is 2.46. The van der Waals surface area contributed by atoms with E-state index in [1.165, 1.54) is 38.8 Å². The zero-order chi connectivity index (χ0) is 24.2. The highest BCUT2D eigenvalue weighted by Gasteiger charge is 2.34. The van der Waals surface area contributed by atoms with Crippen molar-refractivity contribution >= 4 is 17.9 Å². The van der Waals surface area contributed by atoms with Crippen molar-refractivity contribution in [1.82, 2.24) is 9.47 Å². The minimum absolute atomic E-state index is 0.394. The molecule has 1 aromatic heterocycles. The number of nitrogens with two attached hydrogens (primary N) is 2. The molecular weight excluding hydrogens is 434 g/mol. The first kappa shape index (κ1) is 23.2. The summed E-state index contributed by atoms with van der Waals surface area (Å²) >= 11 is 0. The zero-order valence-corrected chi connectivity index (χ0v) is 20.3. The molecule has 0 radical (unpaired) electrons. The third-order valence-electron chi connectivity index (χ3n) is 7.24. The molecule has 3 aromatic rings. The number of hydrogen-bond acceptors (Lipinski definition) is 4. The van der Waals surface area contributed by atoms with E-state index in [2.05, 4.69) is 51.5 Å². The fourth-order valence-electron chi connectivity index (χ4n) is 5.43. The molecule has 1 aliphatic heterocycles. The Morgan fingerprint density at radius 3 is 2.57 bits per heavy atom. The number of likely N-dealkylation sites (tertiary alicyclic amines) is 1. The van der Waals surface area contributed by atoms with Crippen LogP contribution in [0.3, 0.4) is 0 Å². The van der Waals surface area contributed by atoms with E-state index in [1.54, 1.807) is 0 Å². The molecule has 2 aromatic carbocycles. The number of benzene rings is 2. The molecule has 2 aliphatic rings. The van der Waals surface area contributed by atoms with E-state index < -0.39 is 0 Å². The standard InChI is InChI=1S/C29H35N5O/c1-21(31)28-27(24-10-7-11-26(16-24)35-19-22-8-3-2-4-9-22)18-34(29(28)32-20-30)25-14-23(15-25)17-33-12-5-6-13-33/h2-4,7-11,16,18,20,23,25H,1,5-6,12-15,17,19,31H2,(H2,30,32)/t23-,25-. The Hall–Kier alpha value is -3.51. The lowest BCUT2D eigenvalue weighted by molar-refractivity contribution is 0.144. The molecule has 2 heterocycles. The van der Waals surface area contributed by atoms with Crippen LogP contribution in [-0.2, 0) is 6.61 Å². The van der Waals surface area contributed by atoms with E-state index in [-0.39, 0.29) is 0 Å². The predicted molar refractivity (Wildman–Crippen MR) is 144 cm³/mol. The van der Waals surface area contributed by atoms with Crippen LogP contribution in [0.5, 0.6) is 5.75 Å². The molecule has 35 heavy (non-hydrogen) atoms. The fraction of sp³-hybridized carbons (Fsp3) is 0.345. The first-order valence-corrected chi connectivity index (χ1v) is 12.6. The molecule has 4 N–H and O–H groups in total. The number of aliphatic imine (C=N–C) groups is 1. The van der Waals surface area contributed by atoms with Crippen molar-refractivity contribution in [3.05, 3.63) is 78.5 Å². The summed E-state index contributed by atoms with van der Waals surface area (Å²) < 4.78 is 8.34. The van der Waals surface area contributed by atoms with Gasteiger partial charge in [0.2, 0.25) is 0 Å². The Morgan fingerprint density at radius 1 is 1.09 bits per heavy atom. The normalized spacial score (nSPS) is 20.2. The third-order valence-corrected chi connectivity index (χ3v) is 7.24. The monoisotopic (exact) mass is 469 g/mol. The van der Waals surface area contributed by atoms with Crippen molar-refractivity contribution in [2.24, 2.45) is 22.4 Å². The average Bonchev–Trinajstić information content (AvgIpc) is 3.49. The van der Waals surface area contributed by atoms with Crippen LogP contribution in [0, 0.1) is 5.92 Å². The van der Waals surface area contributed by atoms with Crippen molar-refractivity contribution in [2.45, 2.75) is 38.3 Å². The molecule has 0 bridgehead atoms. The summed E-state index contributed by atoms with van der Waals surface area (Å²) in [6, 6.07) is 18.7. The minimum Gasteiger partial charge on any atom is -0.489 e. The van der Waals surface area contributed by atoms with Gasteiger partial charge < -0.3 is 25.7 Å². The zero-order valence-electron chi connectivity index (χ0n) is 20.3. The SMILES string of the molecule is C=C(N)c1c(-c2cccc(OCc3ccccc3)c2)cn([C@H]2C[C@H](CN3CCCC3)C2)c1/N=C\N. The van der Waals surface area contributed by atoms with Gasteiger partial charge >= 0.3 is 0 Å². The van der Waals surface area contributed by atoms with Crippen LogP contribution in [0.25, 0.3) is 16.8 Å². The van der Waals surface area contributed by atoms with E-state index in [0.717, 1.165) is 52.6 Å². The largest absolute Gasteiger partial charge is 0.489 e. The molecule has 0 amide bonds. The molecule has 0 atom stereocenters. The van der Waals surface area contributed by atoms with Gasteiger partial charge in [-0.3, -0.25) is 0 Å². The predicted octanol–water partition coefficient (Wildman–Crippen LogP) is 5.33. The summed E-state index contributed by atoms with van der Waals surface area (Å²) in [7, 11) is 0. The van der Waals surface area contributed by atoms with Gasteiger partial charge in [0.05, 0.1) is 6.34 Å². The molecular formula is C29H35N5O. The van der Waals surface area contributed by atoms with Crippen molar-refractivity contribution in [3.63, 3.8) is 0 Å². The van der Waals surface area contributed by atoms with Gasteiger partial charge in [-0.2, -0.15) is 0 Å². The van der Waals surface area contributed by atoms with Crippen LogP contribution in [0.1, 0.15) is 42.9 Å². The van der Waals surface area contributed by atoms with E-state index >= 15 is 0 Å². The molecule has 5 rings (SSSR count). The molecule has 0 spiro atoms. The molecule has 2 fully saturated rings. The number of nitrogens with zero attached hydrogens (tertiary/aromatic N) is 3. The van der Waals surface area contributed by atoms with Gasteiger partial charge in [0, 0.05) is 35.6 Å². The Morgan fingerprint density at radius 2 is 1.86 bits per heavy atom. The first-order valence-electron chi connectivity index (χ1n) is 12.6. The highest BCUT2D eigenvalue weighted by atomic mass is 16.5. The quantitative estimate of drug-likeness (QED) is 0.328. The second-order valence-electron chi connectivity index (χ2n) is 9.75. The molecule has 1 saturated carbocycles. The van der Waals surface area contributed by atoms with Crippen LogP contribution in [-0.4, -0.2) is 35.4 Å². The molecule has 1 saturated heterocycles. The summed E-state index contributed by atoms with van der Waals surface area (Å²) in [6.45, 7) is 8.28. The van der Waals surface area contributed by atoms with Crippen LogP contribution < -0.4 is 16.2 Å². The second kappa shape index (κ2) is 10.4. The lowest BCUT2D eigenvalue weighted by Crippen LogP contribution is -2.35. The number of aromatic nitrogens is 1. The van der Waals surface area contributed by atoms with Crippen molar-refractivity contribution in [2.75, 3.05) is 19.6 Å². The Kier molecular flexibility index (Phi) is 6.91. The molecule has 6 heteroatoms. The molecule has 6 nitrogen and oxygen atoms in total. The highest BCUT2D eigenvalue weighted by molar-refractivity contribution is 5.87. The van der Waals surface area contributed by atoms with Crippen LogP contribution in [0.2, 0.25) is 0 Å². The smallest absolute Gasteiger partial charge is 0.144 e. The van der Waals surface area contributed by atoms with Gasteiger partial charge in [-0.05, 0) is 68.0 Å². The van der Waals surface area contributed by atoms with Gasteiger partial charge in [-0.15, -0.1) is 0 Å². The molecule has 182 valence electrons. The van der Waals surface area contributed by atoms with Crippen LogP contribution in [0.4, 0.5) is 5.82 Å². The lowest BCUT2D eigenvalue weighted by atomic mass is 9.79. The maximum atomic E-state index is 6.30. The topological polar surface area (TPSA) is 81.8 Å². The van der Waals surface area contributed by atoms with E-state index in [1.807, 2.05) is 30.3 Å². The van der Waals surface area contributed by atoms with Gasteiger partial charge in [0.1, 0.15) is 18.2 Å². The summed E-state index contributed by atoms with van der Waals surface area (Å²) in [5, 5.41) is 0. The maximum Gasteiger partial charge on any atom is 0.144 e. The summed E-state index contributed by atoms with van der Waals surface area (Å²) in [4.78, 5) is 7.14. The summed E-state index contributed by atoms with van der Waals surface area (Å²) in [5.41, 5.74) is 16.6. The third kappa shape index (κ3) is 5.13. The second-order valence-corrected chi connectivity index (χ2v) is 9.75. The van der Waals surface area contributed by atoms with Crippen molar-refractivity contribution < 1.29 is 4.74 Å². The maximum absolute atomic E-state index is 6.30. The minimum atomic E-state index is 0.394. The fourth-order valence-corrected chi connectivity index (χ4v) is 5.43. The Bertz CT molecular complexity index is 1190. The number of hydrogen-bond donors (Lipinski definition) is 2. The molecule has 0 unspecified atom stereocenters. The first-order chi connectivity index (χ1) is 17.1. The van der Waals surface area contributed by atoms with Gasteiger partial charge in [0.25, 0.3) is 0 Å². The van der Waals surface area contributed by atoms with E-state index in [4.69, 9.17) is 16.2 Å². The van der Waals surface area contributed by atoms with Crippen molar-refractivity contribution in [3.8, 4) is 16.9 Å². The van der Waals surface area contributed by atoms with Gasteiger partial charge in [-0.1, -0.05) is 49.0 Å². The van der Waals surface area contributed by atoms with Gasteiger partial charge in [0.15, 0.2) is 0 Å². The van der Waals surface area contributed by atoms with E-state index in [0.29, 0.717) is 18.3 Å². The Labute approximate surface area is 207 Å². The summed E-state index contributed by atoms with van der Waals surface area (Å²) in [6.07, 6.45) is 8.48.